The molecular weight excluding hydrogens is 301 g/mol. The molecule has 2 heterocycles. The van der Waals surface area contributed by atoms with Crippen molar-refractivity contribution in [1.82, 2.24) is 14.5 Å². The fraction of sp³-hybridized carbons (Fsp3) is 0. The third kappa shape index (κ3) is 1.92. The van der Waals surface area contributed by atoms with E-state index in [0.29, 0.717) is 5.69 Å². The Labute approximate surface area is 123 Å². The number of aromatic hydroxyl groups is 1. The van der Waals surface area contributed by atoms with Crippen LogP contribution in [0.15, 0.2) is 41.7 Å². The van der Waals surface area contributed by atoms with E-state index in [2.05, 4.69) is 9.97 Å². The first-order chi connectivity index (χ1) is 9.59. The van der Waals surface area contributed by atoms with E-state index < -0.39 is 5.56 Å². The van der Waals surface area contributed by atoms with Gasteiger partial charge in [-0.05, 0) is 18.2 Å². The summed E-state index contributed by atoms with van der Waals surface area (Å²) < 4.78 is 1.30. The number of rotatable bonds is 1. The molecule has 0 aliphatic rings. The molecule has 100 valence electrons. The van der Waals surface area contributed by atoms with Crippen LogP contribution in [0.4, 0.5) is 0 Å². The molecule has 5 nitrogen and oxygen atoms in total. The number of aromatic nitrogens is 3. The van der Waals surface area contributed by atoms with Gasteiger partial charge in [0.1, 0.15) is 11.8 Å². The maximum absolute atomic E-state index is 12.5. The topological polar surface area (TPSA) is 68.0 Å². The van der Waals surface area contributed by atoms with Crippen molar-refractivity contribution < 1.29 is 5.11 Å². The zero-order chi connectivity index (χ0) is 14.3. The van der Waals surface area contributed by atoms with Crippen molar-refractivity contribution in [3.8, 4) is 11.4 Å². The number of phenolic OH excluding ortho intramolecular Hbond substituents is 1. The van der Waals surface area contributed by atoms with E-state index in [4.69, 9.17) is 23.2 Å². The Morgan fingerprint density at radius 1 is 1.25 bits per heavy atom. The Kier molecular flexibility index (Phi) is 3.08. The van der Waals surface area contributed by atoms with Crippen LogP contribution < -0.4 is 5.56 Å². The molecule has 0 aliphatic heterocycles. The number of nitrogens with zero attached hydrogens (tertiary/aromatic N) is 3. The molecular formula is C13H7Cl2N3O2. The van der Waals surface area contributed by atoms with Crippen molar-refractivity contribution >= 4 is 34.1 Å². The lowest BCUT2D eigenvalue weighted by Gasteiger charge is -2.08. The molecule has 3 rings (SSSR count). The Hall–Kier alpha value is -2.11. The highest BCUT2D eigenvalue weighted by molar-refractivity contribution is 6.39. The molecule has 7 heteroatoms. The Balaban J connectivity index is 2.41. The summed E-state index contributed by atoms with van der Waals surface area (Å²) >= 11 is 11.8. The van der Waals surface area contributed by atoms with E-state index in [0.717, 1.165) is 0 Å². The Morgan fingerprint density at radius 2 is 2.05 bits per heavy atom. The zero-order valence-corrected chi connectivity index (χ0v) is 11.4. The Morgan fingerprint density at radius 3 is 2.75 bits per heavy atom. The standard InChI is InChI=1S/C13H7Cl2N3O2/c14-8-4-9(15)12(19)11-10(8)13(20)18(6-17-11)7-2-1-3-16-5-7/h1-6,19H. The molecule has 0 bridgehead atoms. The lowest BCUT2D eigenvalue weighted by atomic mass is 10.2. The van der Waals surface area contributed by atoms with Crippen LogP contribution >= 0.6 is 23.2 Å². The minimum atomic E-state index is -0.403. The Bertz CT molecular complexity index is 863. The van der Waals surface area contributed by atoms with Crippen LogP contribution in [-0.4, -0.2) is 19.6 Å². The molecule has 1 N–H and O–H groups in total. The van der Waals surface area contributed by atoms with Gasteiger partial charge in [-0.15, -0.1) is 0 Å². The second-order valence-electron chi connectivity index (χ2n) is 4.04. The van der Waals surface area contributed by atoms with Crippen molar-refractivity contribution in [2.75, 3.05) is 0 Å². The van der Waals surface area contributed by atoms with Crippen molar-refractivity contribution in [2.45, 2.75) is 0 Å². The predicted molar refractivity (Wildman–Crippen MR) is 76.8 cm³/mol. The number of pyridine rings is 1. The van der Waals surface area contributed by atoms with Crippen molar-refractivity contribution in [1.29, 1.82) is 0 Å². The van der Waals surface area contributed by atoms with E-state index in [1.165, 1.54) is 23.2 Å². The lowest BCUT2D eigenvalue weighted by molar-refractivity contribution is 0.480. The van der Waals surface area contributed by atoms with Gasteiger partial charge in [0.2, 0.25) is 0 Å². The zero-order valence-electron chi connectivity index (χ0n) is 9.92. The molecule has 0 saturated carbocycles. The van der Waals surface area contributed by atoms with Crippen LogP contribution in [0, 0.1) is 0 Å². The van der Waals surface area contributed by atoms with Gasteiger partial charge in [-0.25, -0.2) is 4.98 Å². The summed E-state index contributed by atoms with van der Waals surface area (Å²) in [6.07, 6.45) is 4.42. The molecule has 1 aromatic carbocycles. The fourth-order valence-electron chi connectivity index (χ4n) is 1.89. The molecule has 3 aromatic rings. The lowest BCUT2D eigenvalue weighted by Crippen LogP contribution is -2.19. The van der Waals surface area contributed by atoms with Crippen LogP contribution in [0.2, 0.25) is 10.0 Å². The van der Waals surface area contributed by atoms with Gasteiger partial charge >= 0.3 is 0 Å². The second-order valence-corrected chi connectivity index (χ2v) is 4.86. The van der Waals surface area contributed by atoms with E-state index >= 15 is 0 Å². The summed E-state index contributed by atoms with van der Waals surface area (Å²) in [4.78, 5) is 20.5. The molecule has 0 atom stereocenters. The first-order valence-corrected chi connectivity index (χ1v) is 6.34. The minimum Gasteiger partial charge on any atom is -0.504 e. The molecule has 0 aliphatic carbocycles. The molecule has 0 radical (unpaired) electrons. The van der Waals surface area contributed by atoms with E-state index in [9.17, 15) is 9.90 Å². The highest BCUT2D eigenvalue weighted by Crippen LogP contribution is 2.34. The van der Waals surface area contributed by atoms with Gasteiger partial charge in [-0.3, -0.25) is 14.3 Å². The number of halogens is 2. The van der Waals surface area contributed by atoms with Crippen molar-refractivity contribution in [3.05, 3.63) is 57.3 Å². The van der Waals surface area contributed by atoms with Crippen LogP contribution in [0.25, 0.3) is 16.6 Å². The summed E-state index contributed by atoms with van der Waals surface area (Å²) in [5.41, 5.74) is 0.227. The van der Waals surface area contributed by atoms with Gasteiger partial charge in [0.15, 0.2) is 5.75 Å². The van der Waals surface area contributed by atoms with Gasteiger partial charge < -0.3 is 5.11 Å². The smallest absolute Gasteiger partial charge is 0.267 e. The van der Waals surface area contributed by atoms with Crippen molar-refractivity contribution in [2.24, 2.45) is 0 Å². The van der Waals surface area contributed by atoms with Crippen LogP contribution in [0.5, 0.6) is 5.75 Å². The van der Waals surface area contributed by atoms with E-state index in [1.54, 1.807) is 18.3 Å². The number of hydrogen-bond acceptors (Lipinski definition) is 4. The van der Waals surface area contributed by atoms with E-state index in [-0.39, 0.29) is 26.7 Å². The first-order valence-electron chi connectivity index (χ1n) is 5.58. The highest BCUT2D eigenvalue weighted by atomic mass is 35.5. The minimum absolute atomic E-state index is 0.0496. The van der Waals surface area contributed by atoms with Crippen molar-refractivity contribution in [3.63, 3.8) is 0 Å². The van der Waals surface area contributed by atoms with Gasteiger partial charge in [-0.2, -0.15) is 0 Å². The summed E-state index contributed by atoms with van der Waals surface area (Å²) in [6.45, 7) is 0. The number of hydrogen-bond donors (Lipinski definition) is 1. The highest BCUT2D eigenvalue weighted by Gasteiger charge is 2.15. The van der Waals surface area contributed by atoms with Gasteiger partial charge in [0.05, 0.1) is 27.3 Å². The quantitative estimate of drug-likeness (QED) is 0.750. The average molecular weight is 308 g/mol. The van der Waals surface area contributed by atoms with Gasteiger partial charge in [0.25, 0.3) is 5.56 Å². The molecule has 0 amide bonds. The summed E-state index contributed by atoms with van der Waals surface area (Å²) in [6, 6.07) is 4.73. The monoisotopic (exact) mass is 307 g/mol. The maximum atomic E-state index is 12.5. The van der Waals surface area contributed by atoms with Gasteiger partial charge in [-0.1, -0.05) is 23.2 Å². The maximum Gasteiger partial charge on any atom is 0.267 e. The largest absolute Gasteiger partial charge is 0.504 e. The van der Waals surface area contributed by atoms with Gasteiger partial charge in [0, 0.05) is 6.20 Å². The van der Waals surface area contributed by atoms with Crippen LogP contribution in [0.1, 0.15) is 0 Å². The molecule has 0 saturated heterocycles. The molecule has 2 aromatic heterocycles. The normalized spacial score (nSPS) is 10.9. The first kappa shape index (κ1) is 12.9. The number of phenols is 1. The second kappa shape index (κ2) is 4.77. The third-order valence-electron chi connectivity index (χ3n) is 2.84. The SMILES string of the molecule is O=c1c2c(Cl)cc(Cl)c(O)c2ncn1-c1cccnc1. The molecule has 0 spiro atoms. The molecule has 0 unspecified atom stereocenters. The average Bonchev–Trinajstić information content (AvgIpc) is 2.45. The molecule has 0 fully saturated rings. The van der Waals surface area contributed by atoms with Crippen LogP contribution in [0.3, 0.4) is 0 Å². The van der Waals surface area contributed by atoms with Crippen LogP contribution in [-0.2, 0) is 0 Å². The number of fused-ring (bicyclic) bond motifs is 1. The predicted octanol–water partition coefficient (Wildman–Crippen LogP) is 2.79. The fourth-order valence-corrected chi connectivity index (χ4v) is 2.43. The van der Waals surface area contributed by atoms with E-state index in [1.807, 2.05) is 0 Å². The summed E-state index contributed by atoms with van der Waals surface area (Å²) in [5.74, 6) is -0.262. The molecule has 20 heavy (non-hydrogen) atoms. The third-order valence-corrected chi connectivity index (χ3v) is 3.42. The number of benzene rings is 1. The summed E-state index contributed by atoms with van der Waals surface area (Å²) in [7, 11) is 0. The summed E-state index contributed by atoms with van der Waals surface area (Å²) in [5, 5.41) is 10.2.